The van der Waals surface area contributed by atoms with E-state index >= 15 is 4.79 Å². The van der Waals surface area contributed by atoms with Crippen molar-refractivity contribution in [2.75, 3.05) is 26.8 Å². The summed E-state index contributed by atoms with van der Waals surface area (Å²) in [5, 5.41) is 11.5. The number of aromatic nitrogens is 1. The second kappa shape index (κ2) is 15.6. The van der Waals surface area contributed by atoms with Crippen molar-refractivity contribution in [3.05, 3.63) is 80.3 Å². The van der Waals surface area contributed by atoms with Gasteiger partial charge in [-0.1, -0.05) is 31.0 Å². The van der Waals surface area contributed by atoms with Gasteiger partial charge in [0.15, 0.2) is 0 Å². The molecule has 1 saturated heterocycles. The number of carboxylic acid groups (broad SMARTS) is 1. The fourth-order valence-corrected chi connectivity index (χ4v) is 8.05. The minimum absolute atomic E-state index is 0.0181. The molecule has 1 aromatic carbocycles. The van der Waals surface area contributed by atoms with Gasteiger partial charge in [0.25, 0.3) is 11.8 Å². The van der Waals surface area contributed by atoms with Gasteiger partial charge in [-0.05, 0) is 61.1 Å². The number of hydrogen-bond donors (Lipinski definition) is 1. The lowest BCUT2D eigenvalue weighted by Crippen LogP contribution is -2.68. The Kier molecular flexibility index (Phi) is 11.8. The zero-order valence-electron chi connectivity index (χ0n) is 28.1. The number of amides is 2. The van der Waals surface area contributed by atoms with Crippen LogP contribution in [0.4, 0.5) is 26.3 Å². The number of carboxylic acids is 1. The zero-order chi connectivity index (χ0) is 38.0. The van der Waals surface area contributed by atoms with Crippen molar-refractivity contribution >= 4 is 40.7 Å². The van der Waals surface area contributed by atoms with E-state index in [9.17, 15) is 41.0 Å². The van der Waals surface area contributed by atoms with E-state index in [4.69, 9.17) is 21.1 Å². The molecule has 52 heavy (non-hydrogen) atoms. The van der Waals surface area contributed by atoms with Crippen molar-refractivity contribution in [1.82, 2.24) is 14.8 Å². The van der Waals surface area contributed by atoms with E-state index in [1.165, 1.54) is 12.0 Å². The Morgan fingerprint density at radius 1 is 1.10 bits per heavy atom. The van der Waals surface area contributed by atoms with Crippen molar-refractivity contribution in [2.45, 2.75) is 75.5 Å². The Hall–Kier alpha value is -3.89. The zero-order valence-corrected chi connectivity index (χ0v) is 29.7. The fourth-order valence-electron chi connectivity index (χ4n) is 7.20. The van der Waals surface area contributed by atoms with Gasteiger partial charge < -0.3 is 24.4 Å². The number of benzene rings is 1. The molecule has 0 aliphatic carbocycles. The molecule has 0 spiro atoms. The van der Waals surface area contributed by atoms with Crippen molar-refractivity contribution in [3.63, 3.8) is 0 Å². The molecule has 9 nitrogen and oxygen atoms in total. The highest BCUT2D eigenvalue weighted by atomic mass is 35.5. The number of ether oxygens (including phenoxy) is 2. The third-order valence-electron chi connectivity index (χ3n) is 9.47. The minimum atomic E-state index is -4.94. The normalized spacial score (nSPS) is 21.4. The number of methoxy groups -OCH3 is 1. The smallest absolute Gasteiger partial charge is 0.425 e. The van der Waals surface area contributed by atoms with E-state index < -0.39 is 69.9 Å². The van der Waals surface area contributed by atoms with Crippen LogP contribution in [-0.2, 0) is 33.1 Å². The molecule has 0 bridgehead atoms. The molecule has 0 radical (unpaired) electrons. The Morgan fingerprint density at radius 2 is 1.85 bits per heavy atom. The molecule has 2 amide bonds. The van der Waals surface area contributed by atoms with Gasteiger partial charge in [0, 0.05) is 49.3 Å². The molecule has 282 valence electrons. The van der Waals surface area contributed by atoms with Gasteiger partial charge in [-0.2, -0.15) is 26.3 Å². The summed E-state index contributed by atoms with van der Waals surface area (Å²) in [6, 6.07) is 5.35. The quantitative estimate of drug-likeness (QED) is 0.197. The molecule has 1 unspecified atom stereocenters. The van der Waals surface area contributed by atoms with E-state index in [1.807, 2.05) is 0 Å². The summed E-state index contributed by atoms with van der Waals surface area (Å²) in [7, 11) is 1.33. The average molecular weight is 776 g/mol. The van der Waals surface area contributed by atoms with Crippen LogP contribution in [0.3, 0.4) is 0 Å². The number of carbonyl (C=O) groups is 3. The number of alkyl halides is 6. The Morgan fingerprint density at radius 3 is 2.48 bits per heavy atom. The van der Waals surface area contributed by atoms with Gasteiger partial charge >= 0.3 is 18.3 Å². The number of pyridine rings is 1. The number of hydrogen-bond acceptors (Lipinski definition) is 7. The van der Waals surface area contributed by atoms with Gasteiger partial charge in [0.05, 0.1) is 30.2 Å². The van der Waals surface area contributed by atoms with Crippen molar-refractivity contribution < 1.29 is 55.3 Å². The molecule has 5 rings (SSSR count). The van der Waals surface area contributed by atoms with Crippen LogP contribution in [0.2, 0.25) is 5.02 Å². The van der Waals surface area contributed by atoms with Gasteiger partial charge in [0.2, 0.25) is 5.60 Å². The molecule has 4 atom stereocenters. The van der Waals surface area contributed by atoms with Crippen LogP contribution in [-0.4, -0.2) is 76.1 Å². The van der Waals surface area contributed by atoms with Crippen LogP contribution in [0.25, 0.3) is 0 Å². The molecule has 2 aliphatic rings. The molecule has 4 heterocycles. The van der Waals surface area contributed by atoms with Gasteiger partial charge in [-0.15, -0.1) is 11.3 Å². The molecule has 3 aromatic rings. The molecule has 17 heteroatoms. The van der Waals surface area contributed by atoms with E-state index in [0.717, 1.165) is 40.2 Å². The molecule has 2 aliphatic heterocycles. The number of nitrogens with zero attached hydrogens (tertiary/aromatic N) is 3. The Bertz CT molecular complexity index is 1790. The van der Waals surface area contributed by atoms with E-state index in [2.05, 4.69) is 4.98 Å². The molecule has 0 saturated carbocycles. The first-order valence-electron chi connectivity index (χ1n) is 16.5. The topological polar surface area (TPSA) is 109 Å². The van der Waals surface area contributed by atoms with Gasteiger partial charge in [-0.3, -0.25) is 19.4 Å². The van der Waals surface area contributed by atoms with Crippen LogP contribution in [0, 0.1) is 5.92 Å². The molecule has 1 N–H and O–H groups in total. The predicted molar refractivity (Wildman–Crippen MR) is 178 cm³/mol. The van der Waals surface area contributed by atoms with Crippen LogP contribution in [0.1, 0.15) is 77.1 Å². The first-order chi connectivity index (χ1) is 24.5. The fraction of sp³-hybridized carbons (Fsp3) is 0.486. The van der Waals surface area contributed by atoms with Crippen molar-refractivity contribution in [3.8, 4) is 5.75 Å². The van der Waals surface area contributed by atoms with Crippen molar-refractivity contribution in [2.24, 2.45) is 5.92 Å². The van der Waals surface area contributed by atoms with E-state index in [0.29, 0.717) is 34.8 Å². The summed E-state index contributed by atoms with van der Waals surface area (Å²) < 4.78 is 95.1. The standard InChI is InChI=1S/C35H36ClF6N3O6S/c1-3-6-27-33(51-23-17-28(52-19-23)35(40,41)42,11-5-13-45(27)30(46)29-25(34(37,38)39)7-4-12-43-29)32(49)44-14-10-20-8-9-22(36)16-24(20)26(44)15-21(18-50-2)31(47)48/h4,7-9,12,16-17,19,21,26-27H,3,5-6,10-11,13-15,18H2,1-2H3,(H,47,48)/t21?,26-,27+,33-/m0/s1. The third-order valence-corrected chi connectivity index (χ3v) is 10.7. The summed E-state index contributed by atoms with van der Waals surface area (Å²) >= 11 is 6.72. The number of rotatable bonds is 11. The van der Waals surface area contributed by atoms with Crippen LogP contribution in [0.5, 0.6) is 5.75 Å². The van der Waals surface area contributed by atoms with Crippen LogP contribution >= 0.6 is 22.9 Å². The van der Waals surface area contributed by atoms with Gasteiger partial charge in [-0.25, -0.2) is 0 Å². The summed E-state index contributed by atoms with van der Waals surface area (Å²) in [5.41, 5.74) is -2.93. The Labute approximate surface area is 304 Å². The maximum Gasteiger partial charge on any atom is 0.425 e. The summed E-state index contributed by atoms with van der Waals surface area (Å²) in [5.74, 6) is -4.47. The largest absolute Gasteiger partial charge is 0.481 e. The average Bonchev–Trinajstić information content (AvgIpc) is 3.57. The maximum atomic E-state index is 15.4. The summed E-state index contributed by atoms with van der Waals surface area (Å²) in [6.07, 6.45) is -8.24. The number of likely N-dealkylation sites (tertiary alicyclic amines) is 1. The summed E-state index contributed by atoms with van der Waals surface area (Å²) in [6.45, 7) is 1.47. The van der Waals surface area contributed by atoms with Gasteiger partial charge in [0.1, 0.15) is 16.3 Å². The van der Waals surface area contributed by atoms with Crippen LogP contribution in [0.15, 0.2) is 48.0 Å². The number of halogens is 7. The minimum Gasteiger partial charge on any atom is -0.481 e. The highest BCUT2D eigenvalue weighted by molar-refractivity contribution is 7.10. The number of carbonyl (C=O) groups excluding carboxylic acids is 2. The van der Waals surface area contributed by atoms with Crippen molar-refractivity contribution in [1.29, 1.82) is 0 Å². The lowest BCUT2D eigenvalue weighted by Gasteiger charge is -2.51. The summed E-state index contributed by atoms with van der Waals surface area (Å²) in [4.78, 5) is 47.1. The molecular weight excluding hydrogens is 740 g/mol. The lowest BCUT2D eigenvalue weighted by molar-refractivity contribution is -0.164. The molecule has 2 aromatic heterocycles. The second-order valence-corrected chi connectivity index (χ2v) is 14.1. The SMILES string of the molecule is CCC[C@H]1N(C(=O)c2ncccc2C(F)(F)F)CCC[C@@]1(Oc1csc(C(F)(F)F)c1)C(=O)N1CCc2ccc(Cl)cc2[C@@H]1CC(COC)C(=O)O. The highest BCUT2D eigenvalue weighted by Crippen LogP contribution is 2.45. The first kappa shape index (κ1) is 39.3. The van der Waals surface area contributed by atoms with E-state index in [-0.39, 0.29) is 51.1 Å². The first-order valence-corrected chi connectivity index (χ1v) is 17.8. The molecule has 1 fully saturated rings. The Balaban J connectivity index is 1.67. The number of aliphatic carboxylic acids is 1. The molecular formula is C35H36ClF6N3O6S. The highest BCUT2D eigenvalue weighted by Gasteiger charge is 2.57. The van der Waals surface area contributed by atoms with E-state index in [1.54, 1.807) is 25.1 Å². The lowest BCUT2D eigenvalue weighted by atomic mass is 9.78. The predicted octanol–water partition coefficient (Wildman–Crippen LogP) is 7.92. The second-order valence-electron chi connectivity index (χ2n) is 12.8. The third kappa shape index (κ3) is 8.03. The van der Waals surface area contributed by atoms with Crippen LogP contribution < -0.4 is 4.74 Å². The number of fused-ring (bicyclic) bond motifs is 1. The number of thiophene rings is 1. The number of piperidine rings is 1. The maximum absolute atomic E-state index is 15.4. The monoisotopic (exact) mass is 775 g/mol.